The number of likely N-dealkylation sites (N-methyl/N-ethyl adjacent to an activating group) is 1. The van der Waals surface area contributed by atoms with E-state index in [9.17, 15) is 9.59 Å². The Morgan fingerprint density at radius 3 is 2.40 bits per heavy atom. The van der Waals surface area contributed by atoms with Gasteiger partial charge in [-0.15, -0.1) is 0 Å². The van der Waals surface area contributed by atoms with E-state index in [1.807, 2.05) is 6.92 Å². The minimum Gasteiger partial charge on any atom is -0.298 e. The molecule has 5 nitrogen and oxygen atoms in total. The van der Waals surface area contributed by atoms with Gasteiger partial charge >= 0.3 is 0 Å². The van der Waals surface area contributed by atoms with Crippen LogP contribution in [0, 0.1) is 11.3 Å². The number of nitrogens with one attached hydrogen (secondary N) is 1. The molecular weight excluding hydrogens is 194 g/mol. The Morgan fingerprint density at radius 1 is 1.47 bits per heavy atom. The summed E-state index contributed by atoms with van der Waals surface area (Å²) in [4.78, 5) is 23.9. The Kier molecular flexibility index (Phi) is 3.43. The van der Waals surface area contributed by atoms with E-state index >= 15 is 0 Å². The van der Waals surface area contributed by atoms with Crippen molar-refractivity contribution in [3.8, 4) is 6.07 Å². The average molecular weight is 209 g/mol. The first-order valence-electron chi connectivity index (χ1n) is 5.02. The summed E-state index contributed by atoms with van der Waals surface area (Å²) in [7, 11) is 0. The van der Waals surface area contributed by atoms with E-state index in [4.69, 9.17) is 5.26 Å². The quantitative estimate of drug-likeness (QED) is 0.663. The molecule has 0 aromatic heterocycles. The van der Waals surface area contributed by atoms with Crippen molar-refractivity contribution in [1.82, 2.24) is 10.2 Å². The van der Waals surface area contributed by atoms with Crippen molar-refractivity contribution >= 4 is 11.8 Å². The van der Waals surface area contributed by atoms with Crippen molar-refractivity contribution in [1.29, 1.82) is 5.26 Å². The van der Waals surface area contributed by atoms with Crippen molar-refractivity contribution in [2.24, 2.45) is 0 Å². The maximum atomic E-state index is 11.4. The van der Waals surface area contributed by atoms with Crippen LogP contribution in [0.25, 0.3) is 0 Å². The van der Waals surface area contributed by atoms with Crippen LogP contribution in [-0.2, 0) is 9.59 Å². The zero-order chi connectivity index (χ0) is 11.5. The van der Waals surface area contributed by atoms with Gasteiger partial charge in [-0.25, -0.2) is 0 Å². The molecule has 1 unspecified atom stereocenters. The SMILES string of the molecule is CCNC(C)(C#N)CN1C(=O)CCC1=O. The highest BCUT2D eigenvalue weighted by molar-refractivity contribution is 6.02. The Morgan fingerprint density at radius 2 is 2.00 bits per heavy atom. The summed E-state index contributed by atoms with van der Waals surface area (Å²) in [5.41, 5.74) is -0.843. The van der Waals surface area contributed by atoms with Gasteiger partial charge in [0.1, 0.15) is 5.54 Å². The Hall–Kier alpha value is -1.41. The lowest BCUT2D eigenvalue weighted by atomic mass is 10.0. The van der Waals surface area contributed by atoms with E-state index in [-0.39, 0.29) is 31.2 Å². The largest absolute Gasteiger partial charge is 0.298 e. The summed E-state index contributed by atoms with van der Waals surface area (Å²) in [5, 5.41) is 12.0. The molecule has 1 fully saturated rings. The van der Waals surface area contributed by atoms with Gasteiger partial charge in [-0.2, -0.15) is 5.26 Å². The van der Waals surface area contributed by atoms with Gasteiger partial charge in [-0.3, -0.25) is 19.8 Å². The molecule has 1 N–H and O–H groups in total. The van der Waals surface area contributed by atoms with Crippen molar-refractivity contribution in [2.75, 3.05) is 13.1 Å². The molecule has 1 aliphatic heterocycles. The fourth-order valence-corrected chi connectivity index (χ4v) is 1.64. The molecule has 82 valence electrons. The lowest BCUT2D eigenvalue weighted by molar-refractivity contribution is -0.139. The number of nitriles is 1. The third-order valence-corrected chi connectivity index (χ3v) is 2.44. The van der Waals surface area contributed by atoms with Crippen molar-refractivity contribution in [3.05, 3.63) is 0 Å². The number of amides is 2. The number of imide groups is 1. The van der Waals surface area contributed by atoms with Gasteiger partial charge in [0.2, 0.25) is 11.8 Å². The zero-order valence-corrected chi connectivity index (χ0v) is 9.04. The number of hydrogen-bond donors (Lipinski definition) is 1. The molecule has 0 aromatic rings. The first kappa shape index (κ1) is 11.7. The predicted octanol–water partition coefficient (Wildman–Crippen LogP) is 0.0272. The molecule has 0 aliphatic carbocycles. The summed E-state index contributed by atoms with van der Waals surface area (Å²) < 4.78 is 0. The van der Waals surface area contributed by atoms with Crippen LogP contribution in [0.3, 0.4) is 0 Å². The lowest BCUT2D eigenvalue weighted by Gasteiger charge is -2.27. The standard InChI is InChI=1S/C10H15N3O2/c1-3-12-10(2,6-11)7-13-8(14)4-5-9(13)15/h12H,3-5,7H2,1-2H3. The first-order valence-corrected chi connectivity index (χ1v) is 5.02. The Bertz CT molecular complexity index is 305. The third kappa shape index (κ3) is 2.54. The second-order valence-corrected chi connectivity index (χ2v) is 3.85. The van der Waals surface area contributed by atoms with Gasteiger partial charge in [0.15, 0.2) is 0 Å². The van der Waals surface area contributed by atoms with Crippen molar-refractivity contribution in [3.63, 3.8) is 0 Å². The number of nitrogens with zero attached hydrogens (tertiary/aromatic N) is 2. The fourth-order valence-electron chi connectivity index (χ4n) is 1.64. The molecule has 1 atom stereocenters. The van der Waals surface area contributed by atoms with Crippen LogP contribution in [0.4, 0.5) is 0 Å². The first-order chi connectivity index (χ1) is 7.02. The highest BCUT2D eigenvalue weighted by atomic mass is 16.2. The van der Waals surface area contributed by atoms with E-state index in [1.54, 1.807) is 6.92 Å². The molecule has 2 amide bonds. The monoisotopic (exact) mass is 209 g/mol. The highest BCUT2D eigenvalue weighted by Crippen LogP contribution is 2.15. The third-order valence-electron chi connectivity index (χ3n) is 2.44. The number of likely N-dealkylation sites (tertiary alicyclic amines) is 1. The molecule has 0 radical (unpaired) electrons. The molecule has 0 aromatic carbocycles. The van der Waals surface area contributed by atoms with Gasteiger partial charge in [-0.1, -0.05) is 6.92 Å². The summed E-state index contributed by atoms with van der Waals surface area (Å²) in [6.07, 6.45) is 0.541. The summed E-state index contributed by atoms with van der Waals surface area (Å²) in [5.74, 6) is -0.362. The summed E-state index contributed by atoms with van der Waals surface area (Å²) in [6, 6.07) is 2.09. The Labute approximate surface area is 89.0 Å². The molecule has 1 heterocycles. The van der Waals surface area contributed by atoms with Gasteiger partial charge in [0.25, 0.3) is 0 Å². The van der Waals surface area contributed by atoms with Crippen LogP contribution < -0.4 is 5.32 Å². The van der Waals surface area contributed by atoms with Crippen LogP contribution in [0.15, 0.2) is 0 Å². The van der Waals surface area contributed by atoms with E-state index in [1.165, 1.54) is 4.90 Å². The summed E-state index contributed by atoms with van der Waals surface area (Å²) in [6.45, 7) is 4.33. The van der Waals surface area contributed by atoms with Crippen LogP contribution in [0.5, 0.6) is 0 Å². The maximum absolute atomic E-state index is 11.4. The van der Waals surface area contributed by atoms with Crippen molar-refractivity contribution < 1.29 is 9.59 Å². The van der Waals surface area contributed by atoms with E-state index < -0.39 is 5.54 Å². The topological polar surface area (TPSA) is 73.2 Å². The number of carbonyl (C=O) groups excluding carboxylic acids is 2. The molecule has 5 heteroatoms. The minimum atomic E-state index is -0.843. The molecule has 1 rings (SSSR count). The fraction of sp³-hybridized carbons (Fsp3) is 0.700. The van der Waals surface area contributed by atoms with Crippen LogP contribution >= 0.6 is 0 Å². The minimum absolute atomic E-state index is 0.134. The van der Waals surface area contributed by atoms with Crippen LogP contribution in [0.2, 0.25) is 0 Å². The average Bonchev–Trinajstić information content (AvgIpc) is 2.50. The number of carbonyl (C=O) groups is 2. The summed E-state index contributed by atoms with van der Waals surface area (Å²) >= 11 is 0. The smallest absolute Gasteiger partial charge is 0.229 e. The second-order valence-electron chi connectivity index (χ2n) is 3.85. The molecule has 1 aliphatic rings. The van der Waals surface area contributed by atoms with Crippen LogP contribution in [0.1, 0.15) is 26.7 Å². The van der Waals surface area contributed by atoms with Crippen LogP contribution in [-0.4, -0.2) is 35.3 Å². The van der Waals surface area contributed by atoms with Crippen molar-refractivity contribution in [2.45, 2.75) is 32.2 Å². The molecular formula is C10H15N3O2. The molecule has 0 saturated carbocycles. The van der Waals surface area contributed by atoms with Gasteiger partial charge in [-0.05, 0) is 13.5 Å². The molecule has 1 saturated heterocycles. The highest BCUT2D eigenvalue weighted by Gasteiger charge is 2.35. The number of rotatable bonds is 4. The predicted molar refractivity (Wildman–Crippen MR) is 53.6 cm³/mol. The van der Waals surface area contributed by atoms with E-state index in [2.05, 4.69) is 11.4 Å². The second kappa shape index (κ2) is 4.41. The van der Waals surface area contributed by atoms with E-state index in [0.717, 1.165) is 0 Å². The zero-order valence-electron chi connectivity index (χ0n) is 9.04. The maximum Gasteiger partial charge on any atom is 0.229 e. The molecule has 0 bridgehead atoms. The lowest BCUT2D eigenvalue weighted by Crippen LogP contribution is -2.51. The van der Waals surface area contributed by atoms with Gasteiger partial charge < -0.3 is 0 Å². The van der Waals surface area contributed by atoms with Gasteiger partial charge in [0, 0.05) is 12.8 Å². The Balaban J connectivity index is 2.71. The van der Waals surface area contributed by atoms with E-state index in [0.29, 0.717) is 6.54 Å². The number of hydrogen-bond acceptors (Lipinski definition) is 4. The normalized spacial score (nSPS) is 20.2. The van der Waals surface area contributed by atoms with Gasteiger partial charge in [0.05, 0.1) is 12.6 Å². The molecule has 15 heavy (non-hydrogen) atoms. The molecule has 0 spiro atoms.